The normalized spacial score (nSPS) is 10.3. The molecular formula is C15H12BrClFNO2. The molecule has 0 atom stereocenters. The molecule has 2 aromatic carbocycles. The number of benzene rings is 2. The van der Waals surface area contributed by atoms with Gasteiger partial charge < -0.3 is 10.1 Å². The molecule has 0 aliphatic carbocycles. The van der Waals surface area contributed by atoms with Gasteiger partial charge in [0, 0.05) is 16.0 Å². The molecule has 0 amide bonds. The van der Waals surface area contributed by atoms with Gasteiger partial charge in [0.25, 0.3) is 0 Å². The van der Waals surface area contributed by atoms with Crippen molar-refractivity contribution in [2.75, 3.05) is 12.4 Å². The molecule has 0 fully saturated rings. The lowest BCUT2D eigenvalue weighted by atomic mass is 10.1. The number of hydrogen-bond acceptors (Lipinski definition) is 3. The Bertz CT molecular complexity index is 679. The second-order valence-electron chi connectivity index (χ2n) is 4.28. The molecule has 3 nitrogen and oxygen atoms in total. The van der Waals surface area contributed by atoms with Crippen molar-refractivity contribution < 1.29 is 13.9 Å². The van der Waals surface area contributed by atoms with E-state index in [0.717, 1.165) is 10.0 Å². The molecule has 0 radical (unpaired) electrons. The predicted molar refractivity (Wildman–Crippen MR) is 84.2 cm³/mol. The number of carbonyl (C=O) groups excluding carboxylic acids is 1. The van der Waals surface area contributed by atoms with Crippen molar-refractivity contribution in [3.8, 4) is 0 Å². The van der Waals surface area contributed by atoms with E-state index < -0.39 is 11.8 Å². The van der Waals surface area contributed by atoms with E-state index in [1.165, 1.54) is 25.3 Å². The summed E-state index contributed by atoms with van der Waals surface area (Å²) in [5, 5.41) is 3.54. The van der Waals surface area contributed by atoms with E-state index in [4.69, 9.17) is 11.6 Å². The van der Waals surface area contributed by atoms with Crippen LogP contribution in [0.1, 0.15) is 15.9 Å². The smallest absolute Gasteiger partial charge is 0.337 e. The Morgan fingerprint density at radius 1 is 1.33 bits per heavy atom. The number of hydrogen-bond donors (Lipinski definition) is 1. The van der Waals surface area contributed by atoms with Gasteiger partial charge in [0.1, 0.15) is 5.82 Å². The average Bonchev–Trinajstić information content (AvgIpc) is 2.48. The first-order valence-corrected chi connectivity index (χ1v) is 7.24. The Morgan fingerprint density at radius 3 is 2.81 bits per heavy atom. The molecule has 0 unspecified atom stereocenters. The monoisotopic (exact) mass is 371 g/mol. The van der Waals surface area contributed by atoms with Crippen LogP contribution in [0.5, 0.6) is 0 Å². The third kappa shape index (κ3) is 3.95. The zero-order valence-electron chi connectivity index (χ0n) is 11.1. The zero-order chi connectivity index (χ0) is 15.4. The molecule has 6 heteroatoms. The van der Waals surface area contributed by atoms with Gasteiger partial charge >= 0.3 is 5.97 Å². The summed E-state index contributed by atoms with van der Waals surface area (Å²) in [6.45, 7) is 0.364. The maximum atomic E-state index is 13.8. The minimum absolute atomic E-state index is 0.227. The topological polar surface area (TPSA) is 38.3 Å². The van der Waals surface area contributed by atoms with E-state index in [9.17, 15) is 9.18 Å². The summed E-state index contributed by atoms with van der Waals surface area (Å²) >= 11 is 9.34. The number of nitrogens with one attached hydrogen (secondary N) is 1. The second kappa shape index (κ2) is 6.91. The Balaban J connectivity index is 2.19. The molecule has 0 aliphatic rings. The van der Waals surface area contributed by atoms with Gasteiger partial charge in [-0.05, 0) is 42.0 Å². The van der Waals surface area contributed by atoms with Crippen LogP contribution in [0, 0.1) is 5.82 Å². The Kier molecular flexibility index (Phi) is 5.20. The maximum absolute atomic E-state index is 13.8. The van der Waals surface area contributed by atoms with Crippen molar-refractivity contribution in [1.29, 1.82) is 0 Å². The molecule has 110 valence electrons. The summed E-state index contributed by atoms with van der Waals surface area (Å²) in [5.74, 6) is -0.956. The van der Waals surface area contributed by atoms with Crippen molar-refractivity contribution in [2.45, 2.75) is 6.54 Å². The third-order valence-corrected chi connectivity index (χ3v) is 3.87. The van der Waals surface area contributed by atoms with Crippen LogP contribution < -0.4 is 5.32 Å². The molecular weight excluding hydrogens is 361 g/mol. The number of anilines is 1. The van der Waals surface area contributed by atoms with E-state index >= 15 is 0 Å². The van der Waals surface area contributed by atoms with Gasteiger partial charge in [-0.1, -0.05) is 27.5 Å². The minimum atomic E-state index is -0.512. The molecule has 2 rings (SSSR count). The van der Waals surface area contributed by atoms with Gasteiger partial charge in [-0.25, -0.2) is 9.18 Å². The van der Waals surface area contributed by atoms with Gasteiger partial charge in [0.05, 0.1) is 18.4 Å². The minimum Gasteiger partial charge on any atom is -0.465 e. The molecule has 0 aliphatic heterocycles. The van der Waals surface area contributed by atoms with Crippen LogP contribution in [0.4, 0.5) is 10.1 Å². The molecule has 0 saturated carbocycles. The molecule has 0 heterocycles. The molecule has 0 saturated heterocycles. The number of esters is 1. The molecule has 0 aromatic heterocycles. The Labute approximate surface area is 135 Å². The summed E-state index contributed by atoms with van der Waals surface area (Å²) in [7, 11) is 1.28. The lowest BCUT2D eigenvalue weighted by Crippen LogP contribution is -2.06. The third-order valence-electron chi connectivity index (χ3n) is 2.86. The van der Waals surface area contributed by atoms with Gasteiger partial charge in [-0.3, -0.25) is 0 Å². The number of ether oxygens (including phenoxy) is 1. The van der Waals surface area contributed by atoms with E-state index in [0.29, 0.717) is 11.6 Å². The van der Waals surface area contributed by atoms with Gasteiger partial charge in [0.15, 0.2) is 0 Å². The number of rotatable bonds is 4. The van der Waals surface area contributed by atoms with Crippen LogP contribution in [0.2, 0.25) is 5.02 Å². The van der Waals surface area contributed by atoms with E-state index in [2.05, 4.69) is 26.0 Å². The molecule has 21 heavy (non-hydrogen) atoms. The van der Waals surface area contributed by atoms with Gasteiger partial charge in [0.2, 0.25) is 0 Å². The summed E-state index contributed by atoms with van der Waals surface area (Å²) in [6.07, 6.45) is 0. The zero-order valence-corrected chi connectivity index (χ0v) is 13.5. The molecule has 0 spiro atoms. The fourth-order valence-corrected chi connectivity index (χ4v) is 2.36. The van der Waals surface area contributed by atoms with Crippen LogP contribution in [0.3, 0.4) is 0 Å². The van der Waals surface area contributed by atoms with Crippen molar-refractivity contribution in [3.05, 3.63) is 62.8 Å². The van der Waals surface area contributed by atoms with Gasteiger partial charge in [-0.2, -0.15) is 0 Å². The molecule has 1 N–H and O–H groups in total. The Hall–Kier alpha value is -1.59. The quantitative estimate of drug-likeness (QED) is 0.795. The van der Waals surface area contributed by atoms with Crippen LogP contribution in [-0.4, -0.2) is 13.1 Å². The summed E-state index contributed by atoms with van der Waals surface area (Å²) in [5.41, 5.74) is 1.39. The van der Waals surface area contributed by atoms with Crippen LogP contribution >= 0.6 is 27.5 Å². The van der Waals surface area contributed by atoms with Gasteiger partial charge in [-0.15, -0.1) is 0 Å². The largest absolute Gasteiger partial charge is 0.465 e. The van der Waals surface area contributed by atoms with Crippen molar-refractivity contribution in [2.24, 2.45) is 0 Å². The summed E-state index contributed by atoms with van der Waals surface area (Å²) in [4.78, 5) is 11.5. The first-order chi connectivity index (χ1) is 10.0. The van der Waals surface area contributed by atoms with Crippen LogP contribution in [-0.2, 0) is 11.3 Å². The highest BCUT2D eigenvalue weighted by Crippen LogP contribution is 2.23. The van der Waals surface area contributed by atoms with Crippen molar-refractivity contribution in [3.63, 3.8) is 0 Å². The number of carbonyl (C=O) groups is 1. The van der Waals surface area contributed by atoms with Crippen LogP contribution in [0.25, 0.3) is 0 Å². The second-order valence-corrected chi connectivity index (χ2v) is 5.57. The van der Waals surface area contributed by atoms with Crippen molar-refractivity contribution >= 4 is 39.2 Å². The lowest BCUT2D eigenvalue weighted by molar-refractivity contribution is 0.0600. The van der Waals surface area contributed by atoms with E-state index in [-0.39, 0.29) is 11.3 Å². The highest BCUT2D eigenvalue weighted by molar-refractivity contribution is 9.10. The highest BCUT2D eigenvalue weighted by Gasteiger charge is 2.10. The number of methoxy groups -OCH3 is 1. The standard InChI is InChI=1S/C15H12BrClFNO2/c1-21-15(20)9-2-5-13(18)14(7-9)19-8-10-6-11(17)3-4-12(10)16/h2-7,19H,8H2,1H3. The maximum Gasteiger partial charge on any atom is 0.337 e. The summed E-state index contributed by atoms with van der Waals surface area (Å²) in [6, 6.07) is 9.37. The van der Waals surface area contributed by atoms with Crippen LogP contribution in [0.15, 0.2) is 40.9 Å². The predicted octanol–water partition coefficient (Wildman–Crippen LogP) is 4.64. The molecule has 0 bridgehead atoms. The molecule has 2 aromatic rings. The average molecular weight is 373 g/mol. The first-order valence-electron chi connectivity index (χ1n) is 6.07. The number of halogens is 3. The van der Waals surface area contributed by atoms with E-state index in [1.54, 1.807) is 12.1 Å². The fraction of sp³-hybridized carbons (Fsp3) is 0.133. The van der Waals surface area contributed by atoms with E-state index in [1.807, 2.05) is 6.07 Å². The highest BCUT2D eigenvalue weighted by atomic mass is 79.9. The summed E-state index contributed by atoms with van der Waals surface area (Å²) < 4.78 is 19.2. The first kappa shape index (κ1) is 15.8. The fourth-order valence-electron chi connectivity index (χ4n) is 1.77. The van der Waals surface area contributed by atoms with Crippen molar-refractivity contribution in [1.82, 2.24) is 0 Å². The lowest BCUT2D eigenvalue weighted by Gasteiger charge is -2.11. The Morgan fingerprint density at radius 2 is 2.10 bits per heavy atom. The SMILES string of the molecule is COC(=O)c1ccc(F)c(NCc2cc(Cl)ccc2Br)c1.